The van der Waals surface area contributed by atoms with Crippen molar-refractivity contribution in [1.29, 1.82) is 0 Å². The fourth-order valence-corrected chi connectivity index (χ4v) is 2.72. The van der Waals surface area contributed by atoms with Crippen LogP contribution in [0.3, 0.4) is 0 Å². The highest BCUT2D eigenvalue weighted by Crippen LogP contribution is 2.23. The highest BCUT2D eigenvalue weighted by molar-refractivity contribution is 7.99. The maximum atomic E-state index is 4.38. The van der Waals surface area contributed by atoms with E-state index in [9.17, 15) is 0 Å². The molecule has 2 rings (SSSR count). The van der Waals surface area contributed by atoms with Crippen molar-refractivity contribution in [1.82, 2.24) is 15.3 Å². The van der Waals surface area contributed by atoms with Gasteiger partial charge < -0.3 is 5.32 Å². The Balaban J connectivity index is 1.82. The number of aromatic nitrogens is 2. The molecule has 0 fully saturated rings. The lowest BCUT2D eigenvalue weighted by molar-refractivity contribution is 0.547. The zero-order chi connectivity index (χ0) is 13.5. The predicted molar refractivity (Wildman–Crippen MR) is 82.6 cm³/mol. The Morgan fingerprint density at radius 1 is 1.16 bits per heavy atom. The van der Waals surface area contributed by atoms with E-state index in [1.54, 1.807) is 18.1 Å². The van der Waals surface area contributed by atoms with Crippen molar-refractivity contribution in [3.8, 4) is 0 Å². The van der Waals surface area contributed by atoms with Crippen LogP contribution in [-0.4, -0.2) is 28.8 Å². The third-order valence-electron chi connectivity index (χ3n) is 2.92. The van der Waals surface area contributed by atoms with Crippen LogP contribution in [-0.2, 0) is 0 Å². The summed E-state index contributed by atoms with van der Waals surface area (Å²) in [5.41, 5.74) is 1.02. The number of nitrogens with one attached hydrogen (secondary N) is 1. The number of nitrogens with zero attached hydrogens (tertiary/aromatic N) is 2. The van der Waals surface area contributed by atoms with Crippen LogP contribution >= 0.6 is 11.8 Å². The normalized spacial score (nSPS) is 11.3. The van der Waals surface area contributed by atoms with Gasteiger partial charge in [0.15, 0.2) is 0 Å². The molecule has 1 aromatic carbocycles. The summed E-state index contributed by atoms with van der Waals surface area (Å²) in [7, 11) is 0. The molecule has 0 saturated carbocycles. The standard InChI is InChI=1S/C15H21N3S/c1-12(2)7-8-16-9-10-19-15-13-5-3-4-6-14(13)17-11-18-15/h3-6,11-12,16H,7-10H2,1-2H3. The molecule has 0 amide bonds. The van der Waals surface area contributed by atoms with Gasteiger partial charge in [0.2, 0.25) is 0 Å². The van der Waals surface area contributed by atoms with E-state index in [4.69, 9.17) is 0 Å². The minimum Gasteiger partial charge on any atom is -0.316 e. The van der Waals surface area contributed by atoms with Crippen LogP contribution in [0.2, 0.25) is 0 Å². The molecule has 0 atom stereocenters. The van der Waals surface area contributed by atoms with Gasteiger partial charge in [-0.1, -0.05) is 32.0 Å². The van der Waals surface area contributed by atoms with E-state index in [-0.39, 0.29) is 0 Å². The first-order chi connectivity index (χ1) is 9.27. The SMILES string of the molecule is CC(C)CCNCCSc1ncnc2ccccc12. The van der Waals surface area contributed by atoms with Crippen molar-refractivity contribution in [3.63, 3.8) is 0 Å². The van der Waals surface area contributed by atoms with Gasteiger partial charge in [-0.25, -0.2) is 9.97 Å². The number of hydrogen-bond donors (Lipinski definition) is 1. The predicted octanol–water partition coefficient (Wildman–Crippen LogP) is 3.36. The van der Waals surface area contributed by atoms with Crippen LogP contribution in [0.25, 0.3) is 10.9 Å². The number of fused-ring (bicyclic) bond motifs is 1. The molecule has 102 valence electrons. The Kier molecular flexibility index (Phi) is 5.61. The first-order valence-electron chi connectivity index (χ1n) is 6.80. The van der Waals surface area contributed by atoms with E-state index in [2.05, 4.69) is 35.2 Å². The average molecular weight is 275 g/mol. The Morgan fingerprint density at radius 3 is 2.84 bits per heavy atom. The number of para-hydroxylation sites is 1. The third-order valence-corrected chi connectivity index (χ3v) is 3.93. The van der Waals surface area contributed by atoms with Gasteiger partial charge in [-0.3, -0.25) is 0 Å². The molecular weight excluding hydrogens is 254 g/mol. The molecule has 3 nitrogen and oxygen atoms in total. The fraction of sp³-hybridized carbons (Fsp3) is 0.467. The van der Waals surface area contributed by atoms with Crippen LogP contribution in [0.5, 0.6) is 0 Å². The van der Waals surface area contributed by atoms with Gasteiger partial charge in [-0.15, -0.1) is 11.8 Å². The van der Waals surface area contributed by atoms with Gasteiger partial charge in [-0.2, -0.15) is 0 Å². The highest BCUT2D eigenvalue weighted by Gasteiger charge is 2.03. The summed E-state index contributed by atoms with van der Waals surface area (Å²) in [6.07, 6.45) is 2.89. The molecular formula is C15H21N3S. The first-order valence-corrected chi connectivity index (χ1v) is 7.79. The quantitative estimate of drug-likeness (QED) is 0.478. The molecule has 0 aliphatic heterocycles. The Morgan fingerprint density at radius 2 is 2.00 bits per heavy atom. The molecule has 2 aromatic rings. The summed E-state index contributed by atoms with van der Waals surface area (Å²) >= 11 is 1.80. The number of benzene rings is 1. The molecule has 19 heavy (non-hydrogen) atoms. The molecule has 0 spiro atoms. The third kappa shape index (κ3) is 4.48. The zero-order valence-corrected chi connectivity index (χ0v) is 12.4. The van der Waals surface area contributed by atoms with Crippen molar-refractivity contribution < 1.29 is 0 Å². The second-order valence-electron chi connectivity index (χ2n) is 4.98. The van der Waals surface area contributed by atoms with Gasteiger partial charge in [0.25, 0.3) is 0 Å². The number of hydrogen-bond acceptors (Lipinski definition) is 4. The lowest BCUT2D eigenvalue weighted by Gasteiger charge is -2.07. The van der Waals surface area contributed by atoms with Gasteiger partial charge in [0.05, 0.1) is 5.52 Å². The zero-order valence-electron chi connectivity index (χ0n) is 11.6. The first kappa shape index (κ1) is 14.3. The molecule has 4 heteroatoms. The van der Waals surface area contributed by atoms with Gasteiger partial charge in [0.1, 0.15) is 11.4 Å². The second kappa shape index (κ2) is 7.46. The molecule has 0 unspecified atom stereocenters. The lowest BCUT2D eigenvalue weighted by Crippen LogP contribution is -2.19. The summed E-state index contributed by atoms with van der Waals surface area (Å²) in [5, 5.41) is 5.70. The van der Waals surface area contributed by atoms with E-state index in [0.717, 1.165) is 40.7 Å². The molecule has 1 aromatic heterocycles. The second-order valence-corrected chi connectivity index (χ2v) is 6.06. The number of thioether (sulfide) groups is 1. The van der Waals surface area contributed by atoms with E-state index in [0.29, 0.717) is 0 Å². The van der Waals surface area contributed by atoms with Crippen molar-refractivity contribution in [2.75, 3.05) is 18.8 Å². The van der Waals surface area contributed by atoms with Gasteiger partial charge >= 0.3 is 0 Å². The fourth-order valence-electron chi connectivity index (χ4n) is 1.83. The van der Waals surface area contributed by atoms with Crippen molar-refractivity contribution in [2.24, 2.45) is 5.92 Å². The molecule has 0 aliphatic rings. The smallest absolute Gasteiger partial charge is 0.117 e. The van der Waals surface area contributed by atoms with Crippen molar-refractivity contribution >= 4 is 22.7 Å². The Hall–Kier alpha value is -1.13. The summed E-state index contributed by atoms with van der Waals surface area (Å²) in [5.74, 6) is 1.81. The largest absolute Gasteiger partial charge is 0.316 e. The Labute approximate surface area is 119 Å². The van der Waals surface area contributed by atoms with Gasteiger partial charge in [0, 0.05) is 17.7 Å². The summed E-state index contributed by atoms with van der Waals surface area (Å²) in [4.78, 5) is 8.66. The molecule has 1 N–H and O–H groups in total. The minimum atomic E-state index is 0.769. The molecule has 0 saturated heterocycles. The van der Waals surface area contributed by atoms with Crippen molar-refractivity contribution in [2.45, 2.75) is 25.3 Å². The molecule has 0 bridgehead atoms. The summed E-state index contributed by atoms with van der Waals surface area (Å²) in [6, 6.07) is 8.17. The monoisotopic (exact) mass is 275 g/mol. The summed E-state index contributed by atoms with van der Waals surface area (Å²) < 4.78 is 0. The van der Waals surface area contributed by atoms with E-state index < -0.39 is 0 Å². The minimum absolute atomic E-state index is 0.769. The van der Waals surface area contributed by atoms with Crippen LogP contribution in [0.15, 0.2) is 35.6 Å². The van der Waals surface area contributed by atoms with E-state index in [1.807, 2.05) is 18.2 Å². The Bertz CT molecular complexity index is 508. The topological polar surface area (TPSA) is 37.8 Å². The summed E-state index contributed by atoms with van der Waals surface area (Å²) in [6.45, 7) is 6.63. The van der Waals surface area contributed by atoms with Crippen molar-refractivity contribution in [3.05, 3.63) is 30.6 Å². The van der Waals surface area contributed by atoms with Gasteiger partial charge in [-0.05, 0) is 24.9 Å². The van der Waals surface area contributed by atoms with Crippen LogP contribution < -0.4 is 5.32 Å². The van der Waals surface area contributed by atoms with E-state index in [1.165, 1.54) is 6.42 Å². The van der Waals surface area contributed by atoms with Crippen LogP contribution in [0.4, 0.5) is 0 Å². The maximum absolute atomic E-state index is 4.38. The lowest BCUT2D eigenvalue weighted by atomic mass is 10.1. The van der Waals surface area contributed by atoms with Crippen LogP contribution in [0, 0.1) is 5.92 Å². The highest BCUT2D eigenvalue weighted by atomic mass is 32.2. The van der Waals surface area contributed by atoms with E-state index >= 15 is 0 Å². The number of rotatable bonds is 7. The molecule has 1 heterocycles. The van der Waals surface area contributed by atoms with Crippen LogP contribution in [0.1, 0.15) is 20.3 Å². The molecule has 0 radical (unpaired) electrons. The molecule has 0 aliphatic carbocycles. The maximum Gasteiger partial charge on any atom is 0.117 e. The average Bonchev–Trinajstić information content (AvgIpc) is 2.42.